The Hall–Kier alpha value is -1.39. The molecule has 6 heteroatoms. The third-order valence-electron chi connectivity index (χ3n) is 2.14. The highest BCUT2D eigenvalue weighted by Crippen LogP contribution is 2.26. The smallest absolute Gasteiger partial charge is 0.179 e. The first-order chi connectivity index (χ1) is 7.25. The Bertz CT molecular complexity index is 662. The van der Waals surface area contributed by atoms with Gasteiger partial charge in [-0.2, -0.15) is 0 Å². The lowest BCUT2D eigenvalue weighted by Gasteiger charge is -2.02. The minimum Gasteiger partial charge on any atom is -0.277 e. The van der Waals surface area contributed by atoms with Gasteiger partial charge in [0.25, 0.3) is 0 Å². The lowest BCUT2D eigenvalue weighted by Crippen LogP contribution is -1.90. The van der Waals surface area contributed by atoms with Crippen molar-refractivity contribution in [1.82, 2.24) is 19.6 Å². The maximum Gasteiger partial charge on any atom is 0.179 e. The molecule has 0 aliphatic heterocycles. The topological polar surface area (TPSA) is 43.1 Å². The van der Waals surface area contributed by atoms with Gasteiger partial charge in [-0.15, -0.1) is 10.2 Å². The second-order valence-corrected chi connectivity index (χ2v) is 3.92. The minimum absolute atomic E-state index is 0.537. The van der Waals surface area contributed by atoms with Gasteiger partial charge >= 0.3 is 0 Å². The van der Waals surface area contributed by atoms with Crippen LogP contribution in [0, 0.1) is 0 Å². The fourth-order valence-corrected chi connectivity index (χ4v) is 2.09. The summed E-state index contributed by atoms with van der Waals surface area (Å²) in [6, 6.07) is 3.43. The number of halogens is 2. The van der Waals surface area contributed by atoms with Crippen molar-refractivity contribution in [2.45, 2.75) is 0 Å². The summed E-state index contributed by atoms with van der Waals surface area (Å²) in [4.78, 5) is 4.21. The van der Waals surface area contributed by atoms with E-state index >= 15 is 0 Å². The summed E-state index contributed by atoms with van der Waals surface area (Å²) in [5.41, 5.74) is 2.15. The Balaban J connectivity index is 2.62. The molecule has 0 atom stereocenters. The number of hydrogen-bond acceptors (Lipinski definition) is 3. The van der Waals surface area contributed by atoms with Gasteiger partial charge in [-0.05, 0) is 12.1 Å². The fraction of sp³-hybridized carbons (Fsp3) is 0. The third kappa shape index (κ3) is 1.26. The van der Waals surface area contributed by atoms with Crippen molar-refractivity contribution >= 4 is 39.9 Å². The molecule has 15 heavy (non-hydrogen) atoms. The highest BCUT2D eigenvalue weighted by molar-refractivity contribution is 6.38. The normalized spacial score (nSPS) is 11.3. The molecule has 0 bridgehead atoms. The molecule has 74 valence electrons. The van der Waals surface area contributed by atoms with Crippen molar-refractivity contribution < 1.29 is 0 Å². The summed E-state index contributed by atoms with van der Waals surface area (Å²) >= 11 is 12.0. The Morgan fingerprint density at radius 1 is 1.20 bits per heavy atom. The van der Waals surface area contributed by atoms with Gasteiger partial charge in [0.2, 0.25) is 0 Å². The minimum atomic E-state index is 0.537. The SMILES string of the molecule is Clc1cc(Cl)c2c(c1)ncc1nncn12. The van der Waals surface area contributed by atoms with Gasteiger partial charge in [0.15, 0.2) is 5.65 Å². The van der Waals surface area contributed by atoms with E-state index in [4.69, 9.17) is 23.2 Å². The van der Waals surface area contributed by atoms with Crippen molar-refractivity contribution in [2.75, 3.05) is 0 Å². The summed E-state index contributed by atoms with van der Waals surface area (Å²) in [6.07, 6.45) is 3.22. The highest BCUT2D eigenvalue weighted by atomic mass is 35.5. The molecule has 2 heterocycles. The number of benzene rings is 1. The van der Waals surface area contributed by atoms with E-state index in [0.29, 0.717) is 15.7 Å². The maximum atomic E-state index is 6.10. The molecule has 0 aliphatic carbocycles. The predicted molar refractivity (Wildman–Crippen MR) is 58.3 cm³/mol. The van der Waals surface area contributed by atoms with E-state index in [-0.39, 0.29) is 0 Å². The van der Waals surface area contributed by atoms with E-state index in [1.54, 1.807) is 29.1 Å². The molecule has 0 spiro atoms. The molecule has 0 aliphatic rings. The standard InChI is InChI=1S/C9H4Cl2N4/c10-5-1-6(11)9-7(2-5)12-3-8-14-13-4-15(8)9/h1-4H. The lowest BCUT2D eigenvalue weighted by molar-refractivity contribution is 1.11. The quantitative estimate of drug-likeness (QED) is 0.605. The molecule has 0 N–H and O–H groups in total. The van der Waals surface area contributed by atoms with Crippen LogP contribution >= 0.6 is 23.2 Å². The molecule has 1 aromatic carbocycles. The number of nitrogens with zero attached hydrogens (tertiary/aromatic N) is 4. The summed E-state index contributed by atoms with van der Waals surface area (Å²) in [7, 11) is 0. The zero-order chi connectivity index (χ0) is 10.4. The molecular formula is C9H4Cl2N4. The highest BCUT2D eigenvalue weighted by Gasteiger charge is 2.07. The molecule has 3 aromatic rings. The first-order valence-electron chi connectivity index (χ1n) is 4.19. The molecule has 0 saturated carbocycles. The molecular weight excluding hydrogens is 235 g/mol. The summed E-state index contributed by atoms with van der Waals surface area (Å²) in [6.45, 7) is 0. The van der Waals surface area contributed by atoms with Crippen LogP contribution in [0.5, 0.6) is 0 Å². The maximum absolute atomic E-state index is 6.10. The van der Waals surface area contributed by atoms with E-state index < -0.39 is 0 Å². The van der Waals surface area contributed by atoms with Crippen molar-refractivity contribution in [3.63, 3.8) is 0 Å². The number of aromatic nitrogens is 4. The van der Waals surface area contributed by atoms with Gasteiger partial charge in [-0.1, -0.05) is 23.2 Å². The van der Waals surface area contributed by atoms with Gasteiger partial charge in [-0.25, -0.2) is 0 Å². The van der Waals surface area contributed by atoms with E-state index in [2.05, 4.69) is 15.2 Å². The monoisotopic (exact) mass is 238 g/mol. The average molecular weight is 239 g/mol. The van der Waals surface area contributed by atoms with E-state index in [0.717, 1.165) is 11.0 Å². The molecule has 3 rings (SSSR count). The zero-order valence-electron chi connectivity index (χ0n) is 7.35. The Kier molecular flexibility index (Phi) is 1.81. The van der Waals surface area contributed by atoms with Crippen LogP contribution in [-0.4, -0.2) is 19.6 Å². The Labute approximate surface area is 94.5 Å². The predicted octanol–water partition coefficient (Wildman–Crippen LogP) is 2.58. The van der Waals surface area contributed by atoms with Gasteiger partial charge < -0.3 is 0 Å². The molecule has 0 fully saturated rings. The largest absolute Gasteiger partial charge is 0.277 e. The van der Waals surface area contributed by atoms with E-state index in [9.17, 15) is 0 Å². The van der Waals surface area contributed by atoms with Gasteiger partial charge in [0, 0.05) is 5.02 Å². The summed E-state index contributed by atoms with van der Waals surface area (Å²) in [5, 5.41) is 8.79. The molecule has 0 radical (unpaired) electrons. The van der Waals surface area contributed by atoms with Crippen molar-refractivity contribution in [3.05, 3.63) is 34.7 Å². The zero-order valence-corrected chi connectivity index (χ0v) is 8.87. The van der Waals surface area contributed by atoms with Crippen LogP contribution in [-0.2, 0) is 0 Å². The molecule has 0 amide bonds. The van der Waals surface area contributed by atoms with Gasteiger partial charge in [-0.3, -0.25) is 9.38 Å². The van der Waals surface area contributed by atoms with Crippen LogP contribution in [0.4, 0.5) is 0 Å². The van der Waals surface area contributed by atoms with Gasteiger partial charge in [0.1, 0.15) is 6.33 Å². The number of hydrogen-bond donors (Lipinski definition) is 0. The molecule has 0 unspecified atom stereocenters. The van der Waals surface area contributed by atoms with Crippen LogP contribution in [0.1, 0.15) is 0 Å². The first kappa shape index (κ1) is 8.88. The van der Waals surface area contributed by atoms with Crippen molar-refractivity contribution in [1.29, 1.82) is 0 Å². The fourth-order valence-electron chi connectivity index (χ4n) is 1.52. The van der Waals surface area contributed by atoms with Crippen LogP contribution in [0.15, 0.2) is 24.7 Å². The average Bonchev–Trinajstić information content (AvgIpc) is 2.63. The summed E-state index contributed by atoms with van der Waals surface area (Å²) in [5.74, 6) is 0. The van der Waals surface area contributed by atoms with Crippen LogP contribution in [0.2, 0.25) is 10.0 Å². The van der Waals surface area contributed by atoms with Crippen LogP contribution in [0.25, 0.3) is 16.7 Å². The van der Waals surface area contributed by atoms with Gasteiger partial charge in [0.05, 0.1) is 22.3 Å². The number of fused-ring (bicyclic) bond motifs is 3. The van der Waals surface area contributed by atoms with Crippen molar-refractivity contribution in [3.8, 4) is 0 Å². The first-order valence-corrected chi connectivity index (χ1v) is 4.95. The Morgan fingerprint density at radius 3 is 2.93 bits per heavy atom. The molecule has 2 aromatic heterocycles. The van der Waals surface area contributed by atoms with Crippen molar-refractivity contribution in [2.24, 2.45) is 0 Å². The lowest BCUT2D eigenvalue weighted by atomic mass is 10.3. The third-order valence-corrected chi connectivity index (χ3v) is 2.65. The van der Waals surface area contributed by atoms with Crippen LogP contribution in [0.3, 0.4) is 0 Å². The number of rotatable bonds is 0. The molecule has 0 saturated heterocycles. The van der Waals surface area contributed by atoms with Crippen LogP contribution < -0.4 is 0 Å². The van der Waals surface area contributed by atoms with E-state index in [1.165, 1.54) is 0 Å². The van der Waals surface area contributed by atoms with E-state index in [1.807, 2.05) is 0 Å². The second-order valence-electron chi connectivity index (χ2n) is 3.07. The Morgan fingerprint density at radius 2 is 2.07 bits per heavy atom. The summed E-state index contributed by atoms with van der Waals surface area (Å²) < 4.78 is 1.78. The second kappa shape index (κ2) is 3.05. The molecule has 4 nitrogen and oxygen atoms in total.